The number of piperazine rings is 1. The van der Waals surface area contributed by atoms with Crippen LogP contribution in [0.4, 0.5) is 0 Å². The molecule has 1 aromatic rings. The van der Waals surface area contributed by atoms with Crippen molar-refractivity contribution >= 4 is 5.91 Å². The number of carbonyl (C=O) groups is 1. The van der Waals surface area contributed by atoms with Crippen LogP contribution in [0.3, 0.4) is 0 Å². The predicted molar refractivity (Wildman–Crippen MR) is 86.5 cm³/mol. The van der Waals surface area contributed by atoms with Crippen molar-refractivity contribution in [1.82, 2.24) is 9.80 Å². The Morgan fingerprint density at radius 3 is 2.13 bits per heavy atom. The largest absolute Gasteiger partial charge is 0.496 e. The van der Waals surface area contributed by atoms with Crippen LogP contribution in [0.15, 0.2) is 0 Å². The maximum atomic E-state index is 12.5. The van der Waals surface area contributed by atoms with Crippen LogP contribution >= 0.6 is 0 Å². The second-order valence-corrected chi connectivity index (χ2v) is 6.24. The Labute approximate surface area is 136 Å². The molecule has 6 heteroatoms. The summed E-state index contributed by atoms with van der Waals surface area (Å²) in [7, 11) is 8.82. The Morgan fingerprint density at radius 2 is 1.57 bits per heavy atom. The van der Waals surface area contributed by atoms with Crippen LogP contribution in [0.5, 0.6) is 17.2 Å². The Hall–Kier alpha value is -1.95. The van der Waals surface area contributed by atoms with E-state index in [1.807, 2.05) is 21.0 Å². The number of likely N-dealkylation sites (N-methyl/N-ethyl adjacent to an activating group) is 2. The zero-order chi connectivity index (χ0) is 16.9. The quantitative estimate of drug-likeness (QED) is 0.842. The molecule has 2 bridgehead atoms. The summed E-state index contributed by atoms with van der Waals surface area (Å²) in [5.74, 6) is 2.41. The highest BCUT2D eigenvalue weighted by Crippen LogP contribution is 2.51. The van der Waals surface area contributed by atoms with Gasteiger partial charge in [-0.25, -0.2) is 0 Å². The van der Waals surface area contributed by atoms with Gasteiger partial charge in [0.25, 0.3) is 0 Å². The van der Waals surface area contributed by atoms with Gasteiger partial charge in [-0.05, 0) is 14.0 Å². The first-order valence-corrected chi connectivity index (χ1v) is 7.74. The number of methoxy groups -OCH3 is 3. The van der Waals surface area contributed by atoms with Crippen molar-refractivity contribution in [2.45, 2.75) is 25.4 Å². The molecular formula is C17H24N2O4. The highest BCUT2D eigenvalue weighted by molar-refractivity contribution is 5.84. The van der Waals surface area contributed by atoms with Crippen LogP contribution in [0.2, 0.25) is 0 Å². The second-order valence-electron chi connectivity index (χ2n) is 6.24. The summed E-state index contributed by atoms with van der Waals surface area (Å²) in [5.41, 5.74) is 3.05. The van der Waals surface area contributed by atoms with Gasteiger partial charge in [-0.3, -0.25) is 9.69 Å². The van der Waals surface area contributed by atoms with E-state index in [4.69, 9.17) is 14.2 Å². The molecule has 2 heterocycles. The van der Waals surface area contributed by atoms with Crippen molar-refractivity contribution in [2.75, 3.05) is 42.0 Å². The lowest BCUT2D eigenvalue weighted by Crippen LogP contribution is -2.58. The van der Waals surface area contributed by atoms with Crippen LogP contribution in [0.1, 0.15) is 22.7 Å². The number of benzene rings is 1. The number of carbonyl (C=O) groups excluding carboxylic acids is 1. The van der Waals surface area contributed by atoms with Gasteiger partial charge in [0.05, 0.1) is 33.4 Å². The molecule has 1 aromatic carbocycles. The topological polar surface area (TPSA) is 51.2 Å². The summed E-state index contributed by atoms with van der Waals surface area (Å²) >= 11 is 0. The average Bonchev–Trinajstić information content (AvgIpc) is 2.53. The van der Waals surface area contributed by atoms with E-state index in [9.17, 15) is 4.79 Å². The molecule has 0 N–H and O–H groups in total. The smallest absolute Gasteiger partial charge is 0.240 e. The number of ether oxygens (including phenoxy) is 3. The van der Waals surface area contributed by atoms with Crippen LogP contribution in [-0.2, 0) is 11.2 Å². The van der Waals surface area contributed by atoms with E-state index in [-0.39, 0.29) is 18.0 Å². The van der Waals surface area contributed by atoms with Crippen LogP contribution in [0.25, 0.3) is 0 Å². The van der Waals surface area contributed by atoms with E-state index in [0.717, 1.165) is 28.2 Å². The fourth-order valence-electron chi connectivity index (χ4n) is 4.00. The molecule has 6 nitrogen and oxygen atoms in total. The monoisotopic (exact) mass is 320 g/mol. The van der Waals surface area contributed by atoms with Crippen molar-refractivity contribution in [1.29, 1.82) is 0 Å². The first-order chi connectivity index (χ1) is 11.0. The Kier molecular flexibility index (Phi) is 3.88. The van der Waals surface area contributed by atoms with E-state index >= 15 is 0 Å². The molecule has 126 valence electrons. The average molecular weight is 320 g/mol. The molecule has 23 heavy (non-hydrogen) atoms. The van der Waals surface area contributed by atoms with Crippen molar-refractivity contribution in [3.05, 3.63) is 16.7 Å². The second kappa shape index (κ2) is 5.60. The molecule has 2 atom stereocenters. The Balaban J connectivity index is 2.30. The first kappa shape index (κ1) is 15.9. The van der Waals surface area contributed by atoms with E-state index in [2.05, 4.69) is 4.90 Å². The van der Waals surface area contributed by atoms with Gasteiger partial charge >= 0.3 is 0 Å². The molecular weight excluding hydrogens is 296 g/mol. The number of hydrogen-bond donors (Lipinski definition) is 0. The van der Waals surface area contributed by atoms with Gasteiger partial charge in [0.15, 0.2) is 11.5 Å². The van der Waals surface area contributed by atoms with Gasteiger partial charge in [-0.2, -0.15) is 0 Å². The molecule has 0 spiro atoms. The zero-order valence-electron chi connectivity index (χ0n) is 14.6. The van der Waals surface area contributed by atoms with Gasteiger partial charge < -0.3 is 19.1 Å². The summed E-state index contributed by atoms with van der Waals surface area (Å²) in [5, 5.41) is 0. The molecule has 0 unspecified atom stereocenters. The molecule has 1 amide bonds. The van der Waals surface area contributed by atoms with Crippen LogP contribution in [0, 0.1) is 6.92 Å². The lowest BCUT2D eigenvalue weighted by molar-refractivity contribution is -0.143. The number of amides is 1. The van der Waals surface area contributed by atoms with E-state index in [1.165, 1.54) is 0 Å². The fourth-order valence-corrected chi connectivity index (χ4v) is 4.00. The molecule has 1 saturated heterocycles. The number of fused-ring (bicyclic) bond motifs is 4. The molecule has 0 aromatic heterocycles. The minimum absolute atomic E-state index is 0.0739. The van der Waals surface area contributed by atoms with Gasteiger partial charge in [0.1, 0.15) is 5.75 Å². The van der Waals surface area contributed by atoms with E-state index in [0.29, 0.717) is 18.7 Å². The summed E-state index contributed by atoms with van der Waals surface area (Å²) < 4.78 is 17.0. The normalized spacial score (nSPS) is 23.6. The minimum atomic E-state index is -0.155. The lowest BCUT2D eigenvalue weighted by atomic mass is 9.82. The fraction of sp³-hybridized carbons (Fsp3) is 0.588. The van der Waals surface area contributed by atoms with Crippen molar-refractivity contribution in [3.63, 3.8) is 0 Å². The van der Waals surface area contributed by atoms with Crippen molar-refractivity contribution in [3.8, 4) is 17.2 Å². The maximum absolute atomic E-state index is 12.5. The molecule has 1 fully saturated rings. The third-order valence-electron chi connectivity index (χ3n) is 5.17. The van der Waals surface area contributed by atoms with E-state index in [1.54, 1.807) is 26.2 Å². The lowest BCUT2D eigenvalue weighted by Gasteiger charge is -2.48. The van der Waals surface area contributed by atoms with Crippen molar-refractivity contribution in [2.24, 2.45) is 0 Å². The summed E-state index contributed by atoms with van der Waals surface area (Å²) in [6, 6.07) is -0.0811. The number of hydrogen-bond acceptors (Lipinski definition) is 5. The first-order valence-electron chi connectivity index (χ1n) is 7.74. The number of rotatable bonds is 3. The highest BCUT2D eigenvalue weighted by Gasteiger charge is 2.46. The zero-order valence-corrected chi connectivity index (χ0v) is 14.6. The Bertz CT molecular complexity index is 659. The molecule has 0 aliphatic carbocycles. The third kappa shape index (κ3) is 2.08. The molecule has 3 rings (SSSR count). The molecule has 0 radical (unpaired) electrons. The third-order valence-corrected chi connectivity index (χ3v) is 5.17. The summed E-state index contributed by atoms with van der Waals surface area (Å²) in [6.07, 6.45) is 0.621. The minimum Gasteiger partial charge on any atom is -0.496 e. The molecule has 0 saturated carbocycles. The summed E-state index contributed by atoms with van der Waals surface area (Å²) in [4.78, 5) is 16.4. The van der Waals surface area contributed by atoms with Gasteiger partial charge in [0, 0.05) is 36.7 Å². The standard InChI is InChI=1S/C17H24N2O4/c1-9-14(21-4)10-7-11-17(20)18(2)8-12(19(11)3)13(10)16(23-6)15(9)22-5/h11-12H,7-8H2,1-6H3/t11-,12-/m0/s1. The molecule has 2 aliphatic heterocycles. The van der Waals surface area contributed by atoms with E-state index < -0.39 is 0 Å². The Morgan fingerprint density at radius 1 is 0.957 bits per heavy atom. The highest BCUT2D eigenvalue weighted by atomic mass is 16.5. The predicted octanol–water partition coefficient (Wildman–Crippen LogP) is 1.39. The maximum Gasteiger partial charge on any atom is 0.240 e. The summed E-state index contributed by atoms with van der Waals surface area (Å²) in [6.45, 7) is 2.59. The van der Waals surface area contributed by atoms with Crippen molar-refractivity contribution < 1.29 is 19.0 Å². The van der Waals surface area contributed by atoms with Gasteiger partial charge in [-0.15, -0.1) is 0 Å². The van der Waals surface area contributed by atoms with Crippen LogP contribution < -0.4 is 14.2 Å². The van der Waals surface area contributed by atoms with Gasteiger partial charge in [-0.1, -0.05) is 0 Å². The number of nitrogens with zero attached hydrogens (tertiary/aromatic N) is 2. The van der Waals surface area contributed by atoms with Crippen LogP contribution in [-0.4, -0.2) is 63.7 Å². The molecule has 2 aliphatic rings. The SMILES string of the molecule is COc1c(C)c(OC)c(OC)c2c1C[C@H]1C(=O)N(C)C[C@@H]2N1C. The van der Waals surface area contributed by atoms with Gasteiger partial charge in [0.2, 0.25) is 5.91 Å².